The third-order valence-corrected chi connectivity index (χ3v) is 4.89. The molecule has 1 aliphatic carbocycles. The standard InChI is InChI=1S/C15H18F2N6S/c1-4-8(2)20-13(18-3)22-14-21-11-9-7-19-23-12(9)15(16,17)6-5-10(11)24-14/h7H,4-6H2,1-3H3,(H,19,23)(H,18,21,22). The van der Waals surface area contributed by atoms with Crippen molar-refractivity contribution in [1.29, 1.82) is 0 Å². The second kappa shape index (κ2) is 6.39. The molecule has 0 unspecified atom stereocenters. The number of aromatic nitrogens is 3. The first-order valence-corrected chi connectivity index (χ1v) is 8.46. The van der Waals surface area contributed by atoms with Gasteiger partial charge in [0.1, 0.15) is 5.69 Å². The normalized spacial score (nSPS) is 17.2. The molecule has 0 radical (unpaired) electrons. The second-order valence-electron chi connectivity index (χ2n) is 5.53. The van der Waals surface area contributed by atoms with Crippen LogP contribution in [-0.2, 0) is 12.3 Å². The van der Waals surface area contributed by atoms with E-state index < -0.39 is 5.92 Å². The first kappa shape index (κ1) is 16.7. The van der Waals surface area contributed by atoms with Crippen LogP contribution in [0.5, 0.6) is 0 Å². The lowest BCUT2D eigenvalue weighted by molar-refractivity contribution is -0.0159. The number of aryl methyl sites for hydroxylation is 1. The van der Waals surface area contributed by atoms with Gasteiger partial charge in [0.25, 0.3) is 5.92 Å². The molecule has 0 atom stereocenters. The molecule has 2 N–H and O–H groups in total. The lowest BCUT2D eigenvalue weighted by Gasteiger charge is -2.12. The number of aromatic amines is 1. The number of halogens is 2. The van der Waals surface area contributed by atoms with Gasteiger partial charge in [-0.1, -0.05) is 6.92 Å². The van der Waals surface area contributed by atoms with E-state index in [9.17, 15) is 8.78 Å². The smallest absolute Gasteiger partial charge is 0.290 e. The van der Waals surface area contributed by atoms with Gasteiger partial charge in [0.2, 0.25) is 5.96 Å². The van der Waals surface area contributed by atoms with Gasteiger partial charge in [0.05, 0.1) is 11.9 Å². The van der Waals surface area contributed by atoms with Crippen molar-refractivity contribution < 1.29 is 8.78 Å². The fraction of sp³-hybridized carbons (Fsp3) is 0.467. The van der Waals surface area contributed by atoms with Crippen molar-refractivity contribution in [2.75, 3.05) is 12.4 Å². The van der Waals surface area contributed by atoms with Gasteiger partial charge in [-0.2, -0.15) is 13.9 Å². The highest BCUT2D eigenvalue weighted by molar-refractivity contribution is 7.16. The van der Waals surface area contributed by atoms with Gasteiger partial charge < -0.3 is 5.32 Å². The summed E-state index contributed by atoms with van der Waals surface area (Å²) in [5.41, 5.74) is 1.69. The molecule has 2 heterocycles. The Bertz CT molecular complexity index is 805. The minimum atomic E-state index is -2.92. The summed E-state index contributed by atoms with van der Waals surface area (Å²) < 4.78 is 28.3. The number of fused-ring (bicyclic) bond motifs is 3. The number of alkyl halides is 2. The van der Waals surface area contributed by atoms with E-state index in [1.807, 2.05) is 13.8 Å². The maximum absolute atomic E-state index is 14.1. The maximum Gasteiger partial charge on any atom is 0.290 e. The van der Waals surface area contributed by atoms with E-state index in [0.717, 1.165) is 17.0 Å². The number of aliphatic imine (C=N–C) groups is 2. The predicted octanol–water partition coefficient (Wildman–Crippen LogP) is 3.84. The summed E-state index contributed by atoms with van der Waals surface area (Å²) >= 11 is 1.35. The SMILES string of the molecule is CCC(C)=NC(=NC)Nc1nc2c(s1)CCC(F)(F)c1[nH]ncc1-2. The second-order valence-corrected chi connectivity index (χ2v) is 6.61. The number of hydrogen-bond donors (Lipinski definition) is 2. The molecule has 0 saturated carbocycles. The number of anilines is 1. The Balaban J connectivity index is 1.94. The minimum absolute atomic E-state index is 0.165. The fourth-order valence-corrected chi connectivity index (χ4v) is 3.38. The third kappa shape index (κ3) is 3.08. The summed E-state index contributed by atoms with van der Waals surface area (Å²) in [7, 11) is 1.64. The molecule has 0 bridgehead atoms. The lowest BCUT2D eigenvalue weighted by atomic mass is 10.1. The van der Waals surface area contributed by atoms with Gasteiger partial charge in [-0.3, -0.25) is 10.1 Å². The average Bonchev–Trinajstić information content (AvgIpc) is 3.17. The van der Waals surface area contributed by atoms with E-state index in [-0.39, 0.29) is 18.5 Å². The Morgan fingerprint density at radius 3 is 3.00 bits per heavy atom. The minimum Gasteiger partial charge on any atom is -0.300 e. The predicted molar refractivity (Wildman–Crippen MR) is 92.3 cm³/mol. The van der Waals surface area contributed by atoms with E-state index in [0.29, 0.717) is 22.3 Å². The molecule has 128 valence electrons. The molecule has 9 heteroatoms. The van der Waals surface area contributed by atoms with Crippen LogP contribution < -0.4 is 5.32 Å². The summed E-state index contributed by atoms with van der Waals surface area (Å²) in [6.07, 6.45) is 2.23. The van der Waals surface area contributed by atoms with Gasteiger partial charge in [0.15, 0.2) is 5.13 Å². The van der Waals surface area contributed by atoms with Crippen molar-refractivity contribution >= 4 is 28.1 Å². The summed E-state index contributed by atoms with van der Waals surface area (Å²) in [6, 6.07) is 0. The van der Waals surface area contributed by atoms with E-state index >= 15 is 0 Å². The molecule has 24 heavy (non-hydrogen) atoms. The van der Waals surface area contributed by atoms with Crippen LogP contribution in [0.1, 0.15) is 37.3 Å². The Morgan fingerprint density at radius 2 is 2.29 bits per heavy atom. The number of thiazole rings is 1. The van der Waals surface area contributed by atoms with Gasteiger partial charge >= 0.3 is 0 Å². The van der Waals surface area contributed by atoms with Crippen LogP contribution in [0.15, 0.2) is 16.2 Å². The van der Waals surface area contributed by atoms with E-state index in [1.54, 1.807) is 7.05 Å². The van der Waals surface area contributed by atoms with E-state index in [2.05, 4.69) is 30.5 Å². The molecule has 0 spiro atoms. The summed E-state index contributed by atoms with van der Waals surface area (Å²) in [6.45, 7) is 3.93. The van der Waals surface area contributed by atoms with E-state index in [1.165, 1.54) is 17.5 Å². The molecular formula is C15H18F2N6S. The molecule has 2 aromatic rings. The molecule has 2 aromatic heterocycles. The zero-order valence-electron chi connectivity index (χ0n) is 13.7. The van der Waals surface area contributed by atoms with Crippen LogP contribution >= 0.6 is 11.3 Å². The monoisotopic (exact) mass is 352 g/mol. The molecule has 0 aromatic carbocycles. The van der Waals surface area contributed by atoms with Crippen LogP contribution in [0, 0.1) is 0 Å². The van der Waals surface area contributed by atoms with Crippen LogP contribution in [0.3, 0.4) is 0 Å². The summed E-state index contributed by atoms with van der Waals surface area (Å²) in [5.74, 6) is -2.46. The number of rotatable bonds is 2. The Kier molecular flexibility index (Phi) is 4.44. The van der Waals surface area contributed by atoms with Crippen LogP contribution in [0.2, 0.25) is 0 Å². The highest BCUT2D eigenvalue weighted by Crippen LogP contribution is 2.44. The van der Waals surface area contributed by atoms with Crippen molar-refractivity contribution in [2.24, 2.45) is 9.98 Å². The van der Waals surface area contributed by atoms with Gasteiger partial charge in [-0.05, 0) is 19.8 Å². The largest absolute Gasteiger partial charge is 0.300 e. The molecule has 0 amide bonds. The Morgan fingerprint density at radius 1 is 1.50 bits per heavy atom. The maximum atomic E-state index is 14.1. The number of nitrogens with one attached hydrogen (secondary N) is 2. The molecule has 1 aliphatic rings. The van der Waals surface area contributed by atoms with Gasteiger partial charge in [-0.25, -0.2) is 9.98 Å². The molecule has 0 saturated heterocycles. The topological polar surface area (TPSA) is 78.3 Å². The number of guanidine groups is 1. The number of nitrogens with zero attached hydrogens (tertiary/aromatic N) is 4. The van der Waals surface area contributed by atoms with Crippen molar-refractivity contribution in [3.05, 3.63) is 16.8 Å². The van der Waals surface area contributed by atoms with Gasteiger partial charge in [0, 0.05) is 29.6 Å². The highest BCUT2D eigenvalue weighted by Gasteiger charge is 2.40. The zero-order chi connectivity index (χ0) is 17.3. The lowest BCUT2D eigenvalue weighted by Crippen LogP contribution is -2.14. The Labute approximate surface area is 142 Å². The van der Waals surface area contributed by atoms with Crippen molar-refractivity contribution in [3.63, 3.8) is 0 Å². The summed E-state index contributed by atoms with van der Waals surface area (Å²) in [5, 5.41) is 9.85. The fourth-order valence-electron chi connectivity index (χ4n) is 2.41. The average molecular weight is 352 g/mol. The van der Waals surface area contributed by atoms with E-state index in [4.69, 9.17) is 0 Å². The van der Waals surface area contributed by atoms with Crippen molar-refractivity contribution in [3.8, 4) is 11.3 Å². The van der Waals surface area contributed by atoms with Crippen LogP contribution in [0.4, 0.5) is 13.9 Å². The zero-order valence-corrected chi connectivity index (χ0v) is 14.5. The van der Waals surface area contributed by atoms with Crippen LogP contribution in [0.25, 0.3) is 11.3 Å². The van der Waals surface area contributed by atoms with Gasteiger partial charge in [-0.15, -0.1) is 11.3 Å². The van der Waals surface area contributed by atoms with Crippen molar-refractivity contribution in [1.82, 2.24) is 15.2 Å². The number of hydrogen-bond acceptors (Lipinski definition) is 4. The quantitative estimate of drug-likeness (QED) is 0.637. The molecule has 0 aliphatic heterocycles. The molecular weight excluding hydrogens is 334 g/mol. The first-order valence-electron chi connectivity index (χ1n) is 7.64. The van der Waals surface area contributed by atoms with Crippen LogP contribution in [-0.4, -0.2) is 33.9 Å². The first-order chi connectivity index (χ1) is 11.4. The third-order valence-electron chi connectivity index (χ3n) is 3.86. The number of H-pyrrole nitrogens is 1. The molecule has 6 nitrogen and oxygen atoms in total. The molecule has 0 fully saturated rings. The Hall–Kier alpha value is -2.16. The molecule has 3 rings (SSSR count). The summed E-state index contributed by atoms with van der Waals surface area (Å²) in [4.78, 5) is 13.8. The highest BCUT2D eigenvalue weighted by atomic mass is 32.1. The van der Waals surface area contributed by atoms with Crippen molar-refractivity contribution in [2.45, 2.75) is 39.0 Å².